The number of carbonyl (C=O) groups is 1. The van der Waals surface area contributed by atoms with E-state index in [4.69, 9.17) is 5.11 Å². The van der Waals surface area contributed by atoms with E-state index in [1.54, 1.807) is 0 Å². The lowest BCUT2D eigenvalue weighted by molar-refractivity contribution is -0.143. The summed E-state index contributed by atoms with van der Waals surface area (Å²) in [7, 11) is 0. The molecule has 17 heavy (non-hydrogen) atoms. The Balaban J connectivity index is 2.17. The number of rotatable bonds is 7. The van der Waals surface area contributed by atoms with Gasteiger partial charge in [-0.15, -0.1) is 0 Å². The predicted octanol–water partition coefficient (Wildman–Crippen LogP) is 3.14. The number of carboxylic acid groups (broad SMARTS) is 1. The molecule has 0 amide bonds. The SMILES string of the molecule is CCCCCCC(C)N1CCC(C(=O)O)CC1. The monoisotopic (exact) mass is 241 g/mol. The van der Waals surface area contributed by atoms with E-state index in [2.05, 4.69) is 18.7 Å². The molecule has 0 radical (unpaired) electrons. The Morgan fingerprint density at radius 2 is 1.94 bits per heavy atom. The van der Waals surface area contributed by atoms with Gasteiger partial charge >= 0.3 is 5.97 Å². The maximum absolute atomic E-state index is 10.9. The van der Waals surface area contributed by atoms with E-state index < -0.39 is 5.97 Å². The van der Waals surface area contributed by atoms with Crippen molar-refractivity contribution >= 4 is 5.97 Å². The lowest BCUT2D eigenvalue weighted by atomic mass is 9.95. The summed E-state index contributed by atoms with van der Waals surface area (Å²) in [5.41, 5.74) is 0. The zero-order valence-corrected chi connectivity index (χ0v) is 11.3. The normalized spacial score (nSPS) is 20.4. The lowest BCUT2D eigenvalue weighted by Gasteiger charge is -2.34. The molecule has 1 saturated heterocycles. The van der Waals surface area contributed by atoms with Gasteiger partial charge in [0.2, 0.25) is 0 Å². The number of aliphatic carboxylic acids is 1. The van der Waals surface area contributed by atoms with Crippen molar-refractivity contribution < 1.29 is 9.90 Å². The summed E-state index contributed by atoms with van der Waals surface area (Å²) < 4.78 is 0. The topological polar surface area (TPSA) is 40.5 Å². The third-order valence-corrected chi connectivity index (χ3v) is 3.98. The minimum atomic E-state index is -0.611. The summed E-state index contributed by atoms with van der Waals surface area (Å²) >= 11 is 0. The fourth-order valence-corrected chi connectivity index (χ4v) is 2.64. The first-order valence-corrected chi connectivity index (χ1v) is 7.12. The fourth-order valence-electron chi connectivity index (χ4n) is 2.64. The van der Waals surface area contributed by atoms with Crippen LogP contribution in [-0.4, -0.2) is 35.1 Å². The maximum Gasteiger partial charge on any atom is 0.306 e. The first-order valence-electron chi connectivity index (χ1n) is 7.12. The standard InChI is InChI=1S/C14H27NO2/c1-3-4-5-6-7-12(2)15-10-8-13(9-11-15)14(16)17/h12-13H,3-11H2,1-2H3,(H,16,17). The largest absolute Gasteiger partial charge is 0.481 e. The van der Waals surface area contributed by atoms with Gasteiger partial charge in [-0.05, 0) is 39.3 Å². The third-order valence-electron chi connectivity index (χ3n) is 3.98. The summed E-state index contributed by atoms with van der Waals surface area (Å²) in [6.45, 7) is 6.45. The van der Waals surface area contributed by atoms with E-state index in [9.17, 15) is 4.79 Å². The first-order chi connectivity index (χ1) is 8.15. The number of piperidine rings is 1. The second kappa shape index (κ2) is 7.70. The third kappa shape index (κ3) is 5.07. The zero-order valence-electron chi connectivity index (χ0n) is 11.3. The average Bonchev–Trinajstić information content (AvgIpc) is 2.34. The summed E-state index contributed by atoms with van der Waals surface area (Å²) in [6, 6.07) is 0.626. The lowest BCUT2D eigenvalue weighted by Crippen LogP contribution is -2.41. The minimum absolute atomic E-state index is 0.0986. The molecule has 1 N–H and O–H groups in total. The summed E-state index contributed by atoms with van der Waals surface area (Å²) in [6.07, 6.45) is 8.20. The van der Waals surface area contributed by atoms with Crippen molar-refractivity contribution in [2.24, 2.45) is 5.92 Å². The van der Waals surface area contributed by atoms with Crippen LogP contribution in [0, 0.1) is 5.92 Å². The van der Waals surface area contributed by atoms with Crippen molar-refractivity contribution in [1.29, 1.82) is 0 Å². The van der Waals surface area contributed by atoms with Crippen LogP contribution in [0.3, 0.4) is 0 Å². The summed E-state index contributed by atoms with van der Waals surface area (Å²) in [5, 5.41) is 8.95. The molecule has 3 heteroatoms. The highest BCUT2D eigenvalue weighted by Gasteiger charge is 2.26. The average molecular weight is 241 g/mol. The molecule has 1 fully saturated rings. The van der Waals surface area contributed by atoms with Crippen LogP contribution in [0.15, 0.2) is 0 Å². The minimum Gasteiger partial charge on any atom is -0.481 e. The van der Waals surface area contributed by atoms with Crippen LogP contribution in [0.1, 0.15) is 58.8 Å². The van der Waals surface area contributed by atoms with Gasteiger partial charge in [0, 0.05) is 6.04 Å². The van der Waals surface area contributed by atoms with Crippen LogP contribution in [-0.2, 0) is 4.79 Å². The van der Waals surface area contributed by atoms with E-state index >= 15 is 0 Å². The van der Waals surface area contributed by atoms with Gasteiger partial charge in [0.15, 0.2) is 0 Å². The van der Waals surface area contributed by atoms with Gasteiger partial charge in [-0.1, -0.05) is 32.6 Å². The Kier molecular flexibility index (Phi) is 6.56. The zero-order chi connectivity index (χ0) is 12.7. The molecular weight excluding hydrogens is 214 g/mol. The second-order valence-electron chi connectivity index (χ2n) is 5.35. The van der Waals surface area contributed by atoms with Crippen LogP contribution < -0.4 is 0 Å². The molecule has 1 heterocycles. The Labute approximate surface area is 105 Å². The predicted molar refractivity (Wildman–Crippen MR) is 70.2 cm³/mol. The highest BCUT2D eigenvalue weighted by molar-refractivity contribution is 5.70. The Hall–Kier alpha value is -0.570. The first kappa shape index (κ1) is 14.5. The van der Waals surface area contributed by atoms with Crippen LogP contribution in [0.4, 0.5) is 0 Å². The molecule has 100 valence electrons. The molecule has 0 aromatic carbocycles. The number of likely N-dealkylation sites (tertiary alicyclic amines) is 1. The Morgan fingerprint density at radius 1 is 1.29 bits per heavy atom. The molecule has 1 aliphatic rings. The van der Waals surface area contributed by atoms with Gasteiger partial charge in [0.25, 0.3) is 0 Å². The number of hydrogen-bond acceptors (Lipinski definition) is 2. The van der Waals surface area contributed by atoms with Crippen LogP contribution in [0.25, 0.3) is 0 Å². The second-order valence-corrected chi connectivity index (χ2v) is 5.35. The number of hydrogen-bond donors (Lipinski definition) is 1. The highest BCUT2D eigenvalue weighted by Crippen LogP contribution is 2.21. The molecule has 3 nitrogen and oxygen atoms in total. The van der Waals surface area contributed by atoms with Gasteiger partial charge in [-0.2, -0.15) is 0 Å². The molecule has 0 aromatic heterocycles. The van der Waals surface area contributed by atoms with E-state index in [-0.39, 0.29) is 5.92 Å². The molecular formula is C14H27NO2. The Bertz CT molecular complexity index is 222. The summed E-state index contributed by atoms with van der Waals surface area (Å²) in [4.78, 5) is 13.3. The molecule has 0 aliphatic carbocycles. The van der Waals surface area contributed by atoms with Gasteiger partial charge in [-0.3, -0.25) is 4.79 Å². The van der Waals surface area contributed by atoms with E-state index in [0.717, 1.165) is 25.9 Å². The van der Waals surface area contributed by atoms with Crippen molar-refractivity contribution in [3.05, 3.63) is 0 Å². The molecule has 0 spiro atoms. The van der Waals surface area contributed by atoms with E-state index in [1.165, 1.54) is 32.1 Å². The van der Waals surface area contributed by atoms with Crippen molar-refractivity contribution in [1.82, 2.24) is 4.90 Å². The van der Waals surface area contributed by atoms with Crippen molar-refractivity contribution in [2.75, 3.05) is 13.1 Å². The molecule has 0 aromatic rings. The van der Waals surface area contributed by atoms with Gasteiger partial charge in [0.1, 0.15) is 0 Å². The van der Waals surface area contributed by atoms with Crippen LogP contribution in [0.5, 0.6) is 0 Å². The van der Waals surface area contributed by atoms with Gasteiger partial charge in [-0.25, -0.2) is 0 Å². The summed E-state index contributed by atoms with van der Waals surface area (Å²) in [5.74, 6) is -0.709. The van der Waals surface area contributed by atoms with Gasteiger partial charge < -0.3 is 10.0 Å². The van der Waals surface area contributed by atoms with Crippen LogP contribution in [0.2, 0.25) is 0 Å². The number of carboxylic acids is 1. The smallest absolute Gasteiger partial charge is 0.306 e. The highest BCUT2D eigenvalue weighted by atomic mass is 16.4. The molecule has 0 bridgehead atoms. The quantitative estimate of drug-likeness (QED) is 0.696. The van der Waals surface area contributed by atoms with E-state index in [1.807, 2.05) is 0 Å². The fraction of sp³-hybridized carbons (Fsp3) is 0.929. The van der Waals surface area contributed by atoms with Crippen LogP contribution >= 0.6 is 0 Å². The molecule has 1 atom stereocenters. The van der Waals surface area contributed by atoms with Gasteiger partial charge in [0.05, 0.1) is 5.92 Å². The molecule has 1 rings (SSSR count). The molecule has 1 unspecified atom stereocenters. The van der Waals surface area contributed by atoms with Crippen molar-refractivity contribution in [3.8, 4) is 0 Å². The van der Waals surface area contributed by atoms with E-state index in [0.29, 0.717) is 6.04 Å². The van der Waals surface area contributed by atoms with Crippen molar-refractivity contribution in [3.63, 3.8) is 0 Å². The molecule has 1 aliphatic heterocycles. The van der Waals surface area contributed by atoms with Crippen molar-refractivity contribution in [2.45, 2.75) is 64.8 Å². The molecule has 0 saturated carbocycles. The number of nitrogens with zero attached hydrogens (tertiary/aromatic N) is 1. The maximum atomic E-state index is 10.9. The number of unbranched alkanes of at least 4 members (excludes halogenated alkanes) is 3. The Morgan fingerprint density at radius 3 is 2.47 bits per heavy atom.